The maximum Gasteiger partial charge on any atom is 0.0568 e. The summed E-state index contributed by atoms with van der Waals surface area (Å²) in [5.41, 5.74) is 3.70. The average Bonchev–Trinajstić information content (AvgIpc) is 2.77. The van der Waals surface area contributed by atoms with Crippen molar-refractivity contribution in [1.29, 1.82) is 0 Å². The van der Waals surface area contributed by atoms with Gasteiger partial charge in [-0.3, -0.25) is 4.68 Å². The van der Waals surface area contributed by atoms with Crippen molar-refractivity contribution in [2.75, 3.05) is 5.32 Å². The first-order valence-electron chi connectivity index (χ1n) is 6.37. The summed E-state index contributed by atoms with van der Waals surface area (Å²) >= 11 is 9.54. The van der Waals surface area contributed by atoms with Gasteiger partial charge in [0.25, 0.3) is 0 Å². The fourth-order valence-electron chi connectivity index (χ4n) is 2.64. The van der Waals surface area contributed by atoms with Crippen LogP contribution in [0.1, 0.15) is 30.1 Å². The van der Waals surface area contributed by atoms with Crippen LogP contribution in [0.5, 0.6) is 0 Å². The van der Waals surface area contributed by atoms with E-state index in [1.165, 1.54) is 17.7 Å². The molecule has 1 aliphatic carbocycles. The first-order chi connectivity index (χ1) is 9.15. The fourth-order valence-corrected chi connectivity index (χ4v) is 3.07. The molecule has 1 aliphatic rings. The average molecular weight is 341 g/mol. The minimum absolute atomic E-state index is 0.328. The summed E-state index contributed by atoms with van der Waals surface area (Å²) in [7, 11) is 2.01. The first-order valence-corrected chi connectivity index (χ1v) is 7.54. The summed E-state index contributed by atoms with van der Waals surface area (Å²) in [6.45, 7) is 0. The van der Waals surface area contributed by atoms with E-state index in [2.05, 4.69) is 26.3 Å². The van der Waals surface area contributed by atoms with Crippen LogP contribution in [0, 0.1) is 0 Å². The van der Waals surface area contributed by atoms with Crippen molar-refractivity contribution in [3.05, 3.63) is 45.1 Å². The number of hydrogen-bond donors (Lipinski definition) is 1. The lowest BCUT2D eigenvalue weighted by molar-refractivity contribution is 0.571. The van der Waals surface area contributed by atoms with Crippen LogP contribution in [0.25, 0.3) is 0 Å². The fraction of sp³-hybridized carbons (Fsp3) is 0.357. The van der Waals surface area contributed by atoms with E-state index >= 15 is 0 Å². The molecule has 19 heavy (non-hydrogen) atoms. The third-order valence-electron chi connectivity index (χ3n) is 3.64. The summed E-state index contributed by atoms with van der Waals surface area (Å²) in [6.07, 6.45) is 5.42. The van der Waals surface area contributed by atoms with Crippen molar-refractivity contribution in [2.45, 2.75) is 25.3 Å². The lowest BCUT2D eigenvalue weighted by atomic mass is 9.93. The smallest absolute Gasteiger partial charge is 0.0568 e. The third-order valence-corrected chi connectivity index (χ3v) is 4.87. The maximum absolute atomic E-state index is 6.13. The van der Waals surface area contributed by atoms with Gasteiger partial charge in [0.1, 0.15) is 0 Å². The van der Waals surface area contributed by atoms with E-state index in [1.807, 2.05) is 36.1 Å². The van der Waals surface area contributed by atoms with Gasteiger partial charge in [0.15, 0.2) is 0 Å². The maximum atomic E-state index is 6.13. The zero-order chi connectivity index (χ0) is 13.4. The van der Waals surface area contributed by atoms with Gasteiger partial charge >= 0.3 is 0 Å². The van der Waals surface area contributed by atoms with Crippen LogP contribution in [0.2, 0.25) is 5.02 Å². The highest BCUT2D eigenvalue weighted by molar-refractivity contribution is 9.10. The van der Waals surface area contributed by atoms with Crippen LogP contribution < -0.4 is 5.32 Å². The van der Waals surface area contributed by atoms with E-state index in [4.69, 9.17) is 11.6 Å². The monoisotopic (exact) mass is 339 g/mol. The van der Waals surface area contributed by atoms with Gasteiger partial charge < -0.3 is 5.32 Å². The van der Waals surface area contributed by atoms with Gasteiger partial charge in [0, 0.05) is 28.5 Å². The Morgan fingerprint density at radius 2 is 2.32 bits per heavy atom. The lowest BCUT2D eigenvalue weighted by Gasteiger charge is -2.25. The van der Waals surface area contributed by atoms with Gasteiger partial charge in [-0.15, -0.1) is 0 Å². The van der Waals surface area contributed by atoms with Crippen LogP contribution in [-0.4, -0.2) is 9.78 Å². The minimum atomic E-state index is 0.328. The minimum Gasteiger partial charge on any atom is -0.378 e. The molecule has 1 N–H and O–H groups in total. The Morgan fingerprint density at radius 1 is 1.47 bits per heavy atom. The molecule has 0 radical (unpaired) electrons. The number of nitrogens with zero attached hydrogens (tertiary/aromatic N) is 2. The number of benzene rings is 1. The molecule has 5 heteroatoms. The number of rotatable bonds is 2. The van der Waals surface area contributed by atoms with Gasteiger partial charge in [0.2, 0.25) is 0 Å². The quantitative estimate of drug-likeness (QED) is 0.882. The summed E-state index contributed by atoms with van der Waals surface area (Å²) < 4.78 is 2.91. The van der Waals surface area contributed by atoms with Crippen molar-refractivity contribution in [3.63, 3.8) is 0 Å². The number of anilines is 1. The van der Waals surface area contributed by atoms with Gasteiger partial charge in [-0.1, -0.05) is 11.6 Å². The van der Waals surface area contributed by atoms with Crippen molar-refractivity contribution in [2.24, 2.45) is 7.05 Å². The molecule has 0 aliphatic heterocycles. The molecule has 1 atom stereocenters. The second kappa shape index (κ2) is 5.17. The van der Waals surface area contributed by atoms with Crippen molar-refractivity contribution < 1.29 is 0 Å². The molecule has 0 amide bonds. The van der Waals surface area contributed by atoms with E-state index in [0.29, 0.717) is 6.04 Å². The predicted octanol–water partition coefficient (Wildman–Crippen LogP) is 4.33. The SMILES string of the molecule is Cn1ncc2c1CCCC2Nc1ccc(Br)c(Cl)c1. The Hall–Kier alpha value is -1.000. The molecule has 1 unspecified atom stereocenters. The van der Waals surface area contributed by atoms with Crippen LogP contribution in [0.3, 0.4) is 0 Å². The van der Waals surface area contributed by atoms with E-state index in [-0.39, 0.29) is 0 Å². The van der Waals surface area contributed by atoms with Crippen molar-refractivity contribution >= 4 is 33.2 Å². The number of aryl methyl sites for hydroxylation is 1. The molecule has 1 heterocycles. The molecule has 0 saturated heterocycles. The molecule has 0 saturated carbocycles. The van der Waals surface area contributed by atoms with Crippen molar-refractivity contribution in [3.8, 4) is 0 Å². The number of hydrogen-bond acceptors (Lipinski definition) is 2. The van der Waals surface area contributed by atoms with Crippen molar-refractivity contribution in [1.82, 2.24) is 9.78 Å². The van der Waals surface area contributed by atoms with E-state index in [9.17, 15) is 0 Å². The molecule has 3 nitrogen and oxygen atoms in total. The topological polar surface area (TPSA) is 29.9 Å². The summed E-state index contributed by atoms with van der Waals surface area (Å²) in [6, 6.07) is 6.30. The number of fused-ring (bicyclic) bond motifs is 1. The van der Waals surface area contributed by atoms with Gasteiger partial charge in [-0.25, -0.2) is 0 Å². The highest BCUT2D eigenvalue weighted by Gasteiger charge is 2.23. The Labute approximate surface area is 126 Å². The Morgan fingerprint density at radius 3 is 3.11 bits per heavy atom. The molecular weight excluding hydrogens is 326 g/mol. The molecular formula is C14H15BrClN3. The third kappa shape index (κ3) is 2.51. The van der Waals surface area contributed by atoms with Crippen LogP contribution in [0.4, 0.5) is 5.69 Å². The Balaban J connectivity index is 1.86. The molecule has 2 aromatic rings. The Kier molecular flexibility index (Phi) is 3.54. The molecule has 1 aromatic heterocycles. The second-order valence-electron chi connectivity index (χ2n) is 4.89. The molecule has 100 valence electrons. The first kappa shape index (κ1) is 13.0. The highest BCUT2D eigenvalue weighted by Crippen LogP contribution is 2.33. The Bertz CT molecular complexity index is 609. The summed E-state index contributed by atoms with van der Waals surface area (Å²) in [4.78, 5) is 0. The molecule has 0 bridgehead atoms. The van der Waals surface area contributed by atoms with Crippen LogP contribution >= 0.6 is 27.5 Å². The van der Waals surface area contributed by atoms with Gasteiger partial charge in [-0.2, -0.15) is 5.10 Å². The molecule has 0 fully saturated rings. The largest absolute Gasteiger partial charge is 0.378 e. The standard InChI is InChI=1S/C14H15BrClN3/c1-19-14-4-2-3-13(10(14)8-17-19)18-9-5-6-11(15)12(16)7-9/h5-8,13,18H,2-4H2,1H3. The van der Waals surface area contributed by atoms with E-state index in [1.54, 1.807) is 0 Å². The zero-order valence-electron chi connectivity index (χ0n) is 10.7. The predicted molar refractivity (Wildman–Crippen MR) is 81.7 cm³/mol. The summed E-state index contributed by atoms with van der Waals surface area (Å²) in [5.74, 6) is 0. The zero-order valence-corrected chi connectivity index (χ0v) is 13.0. The summed E-state index contributed by atoms with van der Waals surface area (Å²) in [5, 5.41) is 8.65. The van der Waals surface area contributed by atoms with Gasteiger partial charge in [0.05, 0.1) is 17.3 Å². The molecule has 3 rings (SSSR count). The number of halogens is 2. The number of nitrogens with one attached hydrogen (secondary N) is 1. The number of aromatic nitrogens is 2. The lowest BCUT2D eigenvalue weighted by Crippen LogP contribution is -2.17. The van der Waals surface area contributed by atoms with Crippen LogP contribution in [-0.2, 0) is 13.5 Å². The van der Waals surface area contributed by atoms with Gasteiger partial charge in [-0.05, 0) is 53.4 Å². The van der Waals surface area contributed by atoms with Crippen LogP contribution in [0.15, 0.2) is 28.9 Å². The highest BCUT2D eigenvalue weighted by atomic mass is 79.9. The normalized spacial score (nSPS) is 18.2. The van der Waals surface area contributed by atoms with E-state index in [0.717, 1.165) is 28.0 Å². The van der Waals surface area contributed by atoms with E-state index < -0.39 is 0 Å². The molecule has 1 aromatic carbocycles. The molecule has 0 spiro atoms. The second-order valence-corrected chi connectivity index (χ2v) is 6.15.